The second-order valence-electron chi connectivity index (χ2n) is 5.42. The van der Waals surface area contributed by atoms with Gasteiger partial charge in [0.15, 0.2) is 5.13 Å². The minimum atomic E-state index is -0.254. The van der Waals surface area contributed by atoms with Gasteiger partial charge in [-0.25, -0.2) is 4.98 Å². The van der Waals surface area contributed by atoms with Gasteiger partial charge in [0.05, 0.1) is 18.5 Å². The molecule has 0 atom stereocenters. The zero-order valence-corrected chi connectivity index (χ0v) is 15.5. The van der Waals surface area contributed by atoms with Crippen LogP contribution in [0.2, 0.25) is 0 Å². The Morgan fingerprint density at radius 2 is 1.92 bits per heavy atom. The van der Waals surface area contributed by atoms with E-state index in [1.807, 2.05) is 54.8 Å². The molecule has 4 nitrogen and oxygen atoms in total. The lowest BCUT2D eigenvalue weighted by molar-refractivity contribution is -0.115. The minimum Gasteiger partial charge on any atom is -0.495 e. The molecule has 1 aromatic heterocycles. The smallest absolute Gasteiger partial charge is 0.248 e. The van der Waals surface area contributed by atoms with E-state index < -0.39 is 0 Å². The highest BCUT2D eigenvalue weighted by Gasteiger charge is 2.23. The predicted octanol–water partition coefficient (Wildman–Crippen LogP) is 5.03. The standard InChI is InChI=1S/C19H17ClN2O2S/c1-13-7-9-14(10-8-13)15-12-25-19(21-15)22(18(23)11-20)16-5-3-4-6-17(16)24-2/h3-10,12H,11H2,1-2H3. The Morgan fingerprint density at radius 3 is 2.60 bits per heavy atom. The van der Waals surface area contributed by atoms with Crippen LogP contribution < -0.4 is 9.64 Å². The lowest BCUT2D eigenvalue weighted by Gasteiger charge is -2.21. The third-order valence-electron chi connectivity index (χ3n) is 3.72. The number of carbonyl (C=O) groups is 1. The van der Waals surface area contributed by atoms with Crippen molar-refractivity contribution in [1.29, 1.82) is 0 Å². The average Bonchev–Trinajstić information content (AvgIpc) is 3.12. The normalized spacial score (nSPS) is 10.5. The molecule has 1 heterocycles. The van der Waals surface area contributed by atoms with Crippen LogP contribution in [0.4, 0.5) is 10.8 Å². The monoisotopic (exact) mass is 372 g/mol. The number of aromatic nitrogens is 1. The van der Waals surface area contributed by atoms with Crippen molar-refractivity contribution in [2.24, 2.45) is 0 Å². The van der Waals surface area contributed by atoms with Crippen LogP contribution in [-0.2, 0) is 4.79 Å². The first-order valence-electron chi connectivity index (χ1n) is 7.68. The number of hydrogen-bond acceptors (Lipinski definition) is 4. The number of rotatable bonds is 5. The maximum absolute atomic E-state index is 12.5. The van der Waals surface area contributed by atoms with Crippen LogP contribution in [0.1, 0.15) is 5.56 Å². The number of methoxy groups -OCH3 is 1. The van der Waals surface area contributed by atoms with E-state index in [0.29, 0.717) is 16.6 Å². The molecule has 0 radical (unpaired) electrons. The van der Waals surface area contributed by atoms with Gasteiger partial charge in [-0.2, -0.15) is 0 Å². The van der Waals surface area contributed by atoms with Crippen molar-refractivity contribution in [3.8, 4) is 17.0 Å². The Bertz CT molecular complexity index is 877. The van der Waals surface area contributed by atoms with Crippen molar-refractivity contribution in [3.05, 3.63) is 59.5 Å². The van der Waals surface area contributed by atoms with E-state index in [4.69, 9.17) is 16.3 Å². The number of ether oxygens (including phenoxy) is 1. The molecule has 0 aliphatic heterocycles. The van der Waals surface area contributed by atoms with Gasteiger partial charge < -0.3 is 4.74 Å². The molecule has 0 aliphatic carbocycles. The Morgan fingerprint density at radius 1 is 1.20 bits per heavy atom. The first kappa shape index (κ1) is 17.5. The van der Waals surface area contributed by atoms with Crippen LogP contribution >= 0.6 is 22.9 Å². The Labute approximate surface area is 155 Å². The maximum Gasteiger partial charge on any atom is 0.248 e. The average molecular weight is 373 g/mol. The van der Waals surface area contributed by atoms with Gasteiger partial charge in [-0.3, -0.25) is 9.69 Å². The molecule has 128 valence electrons. The number of nitrogens with zero attached hydrogens (tertiary/aromatic N) is 2. The van der Waals surface area contributed by atoms with E-state index in [2.05, 4.69) is 4.98 Å². The summed E-state index contributed by atoms with van der Waals surface area (Å²) < 4.78 is 5.39. The molecule has 0 fully saturated rings. The molecule has 25 heavy (non-hydrogen) atoms. The fourth-order valence-electron chi connectivity index (χ4n) is 2.44. The van der Waals surface area contributed by atoms with Crippen molar-refractivity contribution in [3.63, 3.8) is 0 Å². The van der Waals surface area contributed by atoms with E-state index in [-0.39, 0.29) is 11.8 Å². The van der Waals surface area contributed by atoms with Crippen molar-refractivity contribution in [1.82, 2.24) is 4.98 Å². The maximum atomic E-state index is 12.5. The summed E-state index contributed by atoms with van der Waals surface area (Å²) in [7, 11) is 1.57. The number of thiazole rings is 1. The summed E-state index contributed by atoms with van der Waals surface area (Å²) in [5.41, 5.74) is 3.64. The third-order valence-corrected chi connectivity index (χ3v) is 4.77. The molecule has 6 heteroatoms. The van der Waals surface area contributed by atoms with E-state index in [9.17, 15) is 4.79 Å². The highest BCUT2D eigenvalue weighted by molar-refractivity contribution is 7.14. The molecule has 2 aromatic carbocycles. The third kappa shape index (κ3) is 3.67. The predicted molar refractivity (Wildman–Crippen MR) is 103 cm³/mol. The number of benzene rings is 2. The number of carbonyl (C=O) groups excluding carboxylic acids is 1. The molecule has 0 N–H and O–H groups in total. The first-order valence-corrected chi connectivity index (χ1v) is 9.10. The highest BCUT2D eigenvalue weighted by atomic mass is 35.5. The second kappa shape index (κ2) is 7.68. The molecule has 0 saturated heterocycles. The molecule has 0 spiro atoms. The Kier molecular flexibility index (Phi) is 5.36. The number of hydrogen-bond donors (Lipinski definition) is 0. The van der Waals surface area contributed by atoms with Crippen molar-refractivity contribution in [2.45, 2.75) is 6.92 Å². The number of amides is 1. The van der Waals surface area contributed by atoms with Crippen LogP contribution in [-0.4, -0.2) is 23.9 Å². The molecule has 0 aliphatic rings. The molecule has 0 saturated carbocycles. The lowest BCUT2D eigenvalue weighted by atomic mass is 10.1. The topological polar surface area (TPSA) is 42.4 Å². The Balaban J connectivity index is 2.03. The highest BCUT2D eigenvalue weighted by Crippen LogP contribution is 2.37. The van der Waals surface area contributed by atoms with Gasteiger partial charge in [-0.1, -0.05) is 42.0 Å². The first-order chi connectivity index (χ1) is 12.1. The van der Waals surface area contributed by atoms with E-state index in [1.165, 1.54) is 21.8 Å². The summed E-state index contributed by atoms with van der Waals surface area (Å²) in [6.45, 7) is 2.04. The molecular formula is C19H17ClN2O2S. The fraction of sp³-hybridized carbons (Fsp3) is 0.158. The van der Waals surface area contributed by atoms with E-state index in [1.54, 1.807) is 13.2 Å². The largest absolute Gasteiger partial charge is 0.495 e. The SMILES string of the molecule is COc1ccccc1N(C(=O)CCl)c1nc(-c2ccc(C)cc2)cs1. The van der Waals surface area contributed by atoms with Gasteiger partial charge in [0.1, 0.15) is 11.6 Å². The summed E-state index contributed by atoms with van der Waals surface area (Å²) in [5.74, 6) is 0.196. The summed E-state index contributed by atoms with van der Waals surface area (Å²) in [5, 5.41) is 2.50. The van der Waals surface area contributed by atoms with Gasteiger partial charge in [0.2, 0.25) is 5.91 Å². The summed E-state index contributed by atoms with van der Waals surface area (Å²) in [6.07, 6.45) is 0. The van der Waals surface area contributed by atoms with E-state index in [0.717, 1.165) is 11.3 Å². The molecule has 3 aromatic rings. The minimum absolute atomic E-state index is 0.141. The summed E-state index contributed by atoms with van der Waals surface area (Å²) in [4.78, 5) is 18.6. The molecule has 0 unspecified atom stereocenters. The van der Waals surface area contributed by atoms with Crippen LogP contribution in [0.3, 0.4) is 0 Å². The fourth-order valence-corrected chi connectivity index (χ4v) is 3.42. The Hall–Kier alpha value is -2.37. The van der Waals surface area contributed by atoms with Crippen molar-refractivity contribution >= 4 is 39.7 Å². The van der Waals surface area contributed by atoms with Gasteiger partial charge >= 0.3 is 0 Å². The zero-order valence-electron chi connectivity index (χ0n) is 13.9. The number of aryl methyl sites for hydroxylation is 1. The number of anilines is 2. The van der Waals surface area contributed by atoms with E-state index >= 15 is 0 Å². The van der Waals surface area contributed by atoms with Gasteiger partial charge in [-0.05, 0) is 19.1 Å². The zero-order chi connectivity index (χ0) is 17.8. The van der Waals surface area contributed by atoms with Gasteiger partial charge in [0.25, 0.3) is 0 Å². The van der Waals surface area contributed by atoms with Crippen LogP contribution in [0, 0.1) is 6.92 Å². The number of para-hydroxylation sites is 2. The molecular weight excluding hydrogens is 356 g/mol. The molecule has 1 amide bonds. The van der Waals surface area contributed by atoms with Gasteiger partial charge in [-0.15, -0.1) is 22.9 Å². The van der Waals surface area contributed by atoms with Crippen LogP contribution in [0.5, 0.6) is 5.75 Å². The molecule has 0 bridgehead atoms. The number of halogens is 1. The van der Waals surface area contributed by atoms with Crippen LogP contribution in [0.25, 0.3) is 11.3 Å². The number of alkyl halides is 1. The summed E-state index contributed by atoms with van der Waals surface area (Å²) >= 11 is 7.22. The second-order valence-corrected chi connectivity index (χ2v) is 6.52. The van der Waals surface area contributed by atoms with Gasteiger partial charge in [0, 0.05) is 10.9 Å². The van der Waals surface area contributed by atoms with Crippen molar-refractivity contribution < 1.29 is 9.53 Å². The summed E-state index contributed by atoms with van der Waals surface area (Å²) in [6, 6.07) is 15.4. The lowest BCUT2D eigenvalue weighted by Crippen LogP contribution is -2.27. The quantitative estimate of drug-likeness (QED) is 0.590. The van der Waals surface area contributed by atoms with Crippen LogP contribution in [0.15, 0.2) is 53.9 Å². The van der Waals surface area contributed by atoms with Crippen molar-refractivity contribution in [2.75, 3.05) is 17.9 Å². The molecule has 3 rings (SSSR count).